The number of unbranched alkanes of at least 4 members (excludes halogenated alkanes) is 1. The van der Waals surface area contributed by atoms with E-state index in [-0.39, 0.29) is 19.4 Å². The van der Waals surface area contributed by atoms with E-state index in [2.05, 4.69) is 25.9 Å². The van der Waals surface area contributed by atoms with Crippen molar-refractivity contribution >= 4 is 35.5 Å². The molecule has 1 heterocycles. The molecule has 0 aromatic carbocycles. The Morgan fingerprint density at radius 3 is 2.50 bits per heavy atom. The number of nitrogens with two attached hydrogens (primary N) is 2. The minimum absolute atomic E-state index is 0.00846. The molecule has 0 aliphatic heterocycles. The van der Waals surface area contributed by atoms with Gasteiger partial charge in [0.15, 0.2) is 0 Å². The SMILES string of the molecule is CSCCC(N)C(=O)NCC(=O)NC(CCCCN)C(=O)NC(Cc1cnc[nH]1)C(=O)O. The number of nitrogens with one attached hydrogen (secondary N) is 4. The van der Waals surface area contributed by atoms with Crippen molar-refractivity contribution in [2.75, 3.05) is 25.1 Å². The van der Waals surface area contributed by atoms with Crippen LogP contribution in [0, 0.1) is 0 Å². The second-order valence-corrected chi connectivity index (χ2v) is 8.18. The minimum atomic E-state index is -1.22. The van der Waals surface area contributed by atoms with Gasteiger partial charge < -0.3 is 37.5 Å². The lowest BCUT2D eigenvalue weighted by molar-refractivity contribution is -0.142. The van der Waals surface area contributed by atoms with Crippen LogP contribution in [0.2, 0.25) is 0 Å². The highest BCUT2D eigenvalue weighted by molar-refractivity contribution is 7.98. The first-order chi connectivity index (χ1) is 15.3. The number of carbonyl (C=O) groups excluding carboxylic acids is 3. The third-order valence-corrected chi connectivity index (χ3v) is 5.23. The Morgan fingerprint density at radius 2 is 1.91 bits per heavy atom. The maximum atomic E-state index is 12.7. The van der Waals surface area contributed by atoms with Crippen molar-refractivity contribution < 1.29 is 24.3 Å². The van der Waals surface area contributed by atoms with Crippen LogP contribution in [0.15, 0.2) is 12.5 Å². The number of aromatic nitrogens is 2. The Morgan fingerprint density at radius 1 is 1.16 bits per heavy atom. The van der Waals surface area contributed by atoms with Crippen molar-refractivity contribution in [3.8, 4) is 0 Å². The molecule has 0 aliphatic carbocycles. The van der Waals surface area contributed by atoms with Gasteiger partial charge in [0.1, 0.15) is 12.1 Å². The molecule has 3 amide bonds. The Kier molecular flexibility index (Phi) is 13.0. The average molecular weight is 472 g/mol. The van der Waals surface area contributed by atoms with E-state index >= 15 is 0 Å². The average Bonchev–Trinajstić information content (AvgIpc) is 3.27. The molecule has 32 heavy (non-hydrogen) atoms. The number of carboxylic acids is 1. The highest BCUT2D eigenvalue weighted by Gasteiger charge is 2.27. The molecule has 0 saturated carbocycles. The molecule has 13 heteroatoms. The zero-order chi connectivity index (χ0) is 23.9. The van der Waals surface area contributed by atoms with E-state index in [9.17, 15) is 24.3 Å². The summed E-state index contributed by atoms with van der Waals surface area (Å²) in [7, 11) is 0. The highest BCUT2D eigenvalue weighted by Crippen LogP contribution is 2.04. The summed E-state index contributed by atoms with van der Waals surface area (Å²) in [6.45, 7) is 0.0762. The van der Waals surface area contributed by atoms with Gasteiger partial charge in [0, 0.05) is 18.3 Å². The Labute approximate surface area is 191 Å². The monoisotopic (exact) mass is 471 g/mol. The predicted octanol–water partition coefficient (Wildman–Crippen LogP) is -1.67. The van der Waals surface area contributed by atoms with Gasteiger partial charge in [-0.15, -0.1) is 0 Å². The highest BCUT2D eigenvalue weighted by atomic mass is 32.2. The number of hydrogen-bond acceptors (Lipinski definition) is 8. The molecular weight excluding hydrogens is 438 g/mol. The number of carboxylic acid groups (broad SMARTS) is 1. The standard InChI is InChI=1S/C19H33N7O5S/c1-32-7-5-13(21)17(28)23-10-16(27)25-14(4-2-3-6-20)18(29)26-15(19(30)31)8-12-9-22-11-24-12/h9,11,13-15H,2-8,10,20-21H2,1H3,(H,22,24)(H,23,28)(H,25,27)(H,26,29)(H,30,31). The van der Waals surface area contributed by atoms with Gasteiger partial charge in [-0.3, -0.25) is 14.4 Å². The molecule has 0 fully saturated rings. The fourth-order valence-corrected chi connectivity index (χ4v) is 3.26. The van der Waals surface area contributed by atoms with Crippen LogP contribution < -0.4 is 27.4 Å². The molecular formula is C19H33N7O5S. The van der Waals surface area contributed by atoms with Gasteiger partial charge in [-0.2, -0.15) is 11.8 Å². The van der Waals surface area contributed by atoms with Gasteiger partial charge >= 0.3 is 5.97 Å². The zero-order valence-electron chi connectivity index (χ0n) is 18.1. The van der Waals surface area contributed by atoms with Crippen molar-refractivity contribution in [1.29, 1.82) is 0 Å². The number of thioether (sulfide) groups is 1. The number of hydrogen-bond donors (Lipinski definition) is 7. The number of H-pyrrole nitrogens is 1. The summed E-state index contributed by atoms with van der Waals surface area (Å²) >= 11 is 1.56. The summed E-state index contributed by atoms with van der Waals surface area (Å²) in [5.41, 5.74) is 11.8. The summed E-state index contributed by atoms with van der Waals surface area (Å²) in [6, 6.07) is -2.90. The lowest BCUT2D eigenvalue weighted by Crippen LogP contribution is -2.54. The molecule has 0 saturated heterocycles. The quantitative estimate of drug-likeness (QED) is 0.137. The lowest BCUT2D eigenvalue weighted by atomic mass is 10.1. The molecule has 180 valence electrons. The zero-order valence-corrected chi connectivity index (χ0v) is 19.0. The smallest absolute Gasteiger partial charge is 0.326 e. The van der Waals surface area contributed by atoms with Crippen molar-refractivity contribution in [2.45, 2.75) is 50.2 Å². The second-order valence-electron chi connectivity index (χ2n) is 7.19. The first-order valence-electron chi connectivity index (χ1n) is 10.3. The predicted molar refractivity (Wildman–Crippen MR) is 121 cm³/mol. The van der Waals surface area contributed by atoms with Crippen LogP contribution >= 0.6 is 11.8 Å². The second kappa shape index (κ2) is 15.2. The first-order valence-corrected chi connectivity index (χ1v) is 11.7. The normalized spacial score (nSPS) is 13.6. The molecule has 1 aromatic heterocycles. The Balaban J connectivity index is 2.67. The van der Waals surface area contributed by atoms with Crippen LogP contribution in [0.4, 0.5) is 0 Å². The van der Waals surface area contributed by atoms with Gasteiger partial charge in [0.25, 0.3) is 0 Å². The van der Waals surface area contributed by atoms with Gasteiger partial charge in [-0.25, -0.2) is 9.78 Å². The molecule has 3 unspecified atom stereocenters. The van der Waals surface area contributed by atoms with Gasteiger partial charge in [-0.05, 0) is 44.2 Å². The molecule has 0 aliphatic rings. The minimum Gasteiger partial charge on any atom is -0.480 e. The number of carbonyl (C=O) groups is 4. The molecule has 0 bridgehead atoms. The van der Waals surface area contributed by atoms with Gasteiger partial charge in [0.2, 0.25) is 17.7 Å². The fraction of sp³-hybridized carbons (Fsp3) is 0.632. The number of amides is 3. The number of imidazole rings is 1. The largest absolute Gasteiger partial charge is 0.480 e. The van der Waals surface area contributed by atoms with Crippen LogP contribution in [-0.2, 0) is 25.6 Å². The van der Waals surface area contributed by atoms with Crippen molar-refractivity contribution in [1.82, 2.24) is 25.9 Å². The fourth-order valence-electron chi connectivity index (χ4n) is 2.77. The van der Waals surface area contributed by atoms with E-state index in [1.54, 1.807) is 11.8 Å². The molecule has 0 spiro atoms. The molecule has 1 rings (SSSR count). The van der Waals surface area contributed by atoms with Crippen LogP contribution in [-0.4, -0.2) is 82.0 Å². The third kappa shape index (κ3) is 10.6. The van der Waals surface area contributed by atoms with E-state index in [1.165, 1.54) is 12.5 Å². The molecule has 1 aromatic rings. The van der Waals surface area contributed by atoms with Gasteiger partial charge in [-0.1, -0.05) is 0 Å². The topological polar surface area (TPSA) is 205 Å². The third-order valence-electron chi connectivity index (χ3n) is 4.59. The summed E-state index contributed by atoms with van der Waals surface area (Å²) < 4.78 is 0. The van der Waals surface area contributed by atoms with Crippen molar-refractivity contribution in [3.05, 3.63) is 18.2 Å². The van der Waals surface area contributed by atoms with Crippen molar-refractivity contribution in [3.63, 3.8) is 0 Å². The van der Waals surface area contributed by atoms with E-state index in [1.807, 2.05) is 6.26 Å². The van der Waals surface area contributed by atoms with E-state index in [4.69, 9.17) is 11.5 Å². The molecule has 9 N–H and O–H groups in total. The number of nitrogens with zero attached hydrogens (tertiary/aromatic N) is 1. The number of rotatable bonds is 16. The Bertz CT molecular complexity index is 732. The van der Waals surface area contributed by atoms with E-state index < -0.39 is 41.8 Å². The summed E-state index contributed by atoms with van der Waals surface area (Å²) in [4.78, 5) is 55.2. The van der Waals surface area contributed by atoms with Crippen LogP contribution in [0.25, 0.3) is 0 Å². The van der Waals surface area contributed by atoms with Crippen LogP contribution in [0.3, 0.4) is 0 Å². The maximum Gasteiger partial charge on any atom is 0.326 e. The van der Waals surface area contributed by atoms with E-state index in [0.29, 0.717) is 37.3 Å². The summed E-state index contributed by atoms with van der Waals surface area (Å²) in [5, 5.41) is 16.9. The molecule has 12 nitrogen and oxygen atoms in total. The van der Waals surface area contributed by atoms with E-state index in [0.717, 1.165) is 0 Å². The summed E-state index contributed by atoms with van der Waals surface area (Å²) in [5.74, 6) is -2.17. The summed E-state index contributed by atoms with van der Waals surface area (Å²) in [6.07, 6.45) is 6.73. The maximum absolute atomic E-state index is 12.7. The van der Waals surface area contributed by atoms with Crippen molar-refractivity contribution in [2.24, 2.45) is 11.5 Å². The Hall–Kier alpha value is -2.64. The first kappa shape index (κ1) is 27.4. The lowest BCUT2D eigenvalue weighted by Gasteiger charge is -2.21. The molecule has 3 atom stereocenters. The van der Waals surface area contributed by atoms with Crippen LogP contribution in [0.1, 0.15) is 31.4 Å². The number of aromatic amines is 1. The molecule has 0 radical (unpaired) electrons. The van der Waals surface area contributed by atoms with Crippen LogP contribution in [0.5, 0.6) is 0 Å². The van der Waals surface area contributed by atoms with Gasteiger partial charge in [0.05, 0.1) is 18.9 Å². The number of aliphatic carboxylic acids is 1.